The van der Waals surface area contributed by atoms with Crippen LogP contribution in [0.2, 0.25) is 0 Å². The first kappa shape index (κ1) is 19.2. The third kappa shape index (κ3) is 3.96. The summed E-state index contributed by atoms with van der Waals surface area (Å²) in [5.41, 5.74) is 2.78. The van der Waals surface area contributed by atoms with Crippen LogP contribution in [0.25, 0.3) is 11.3 Å². The van der Waals surface area contributed by atoms with E-state index in [0.29, 0.717) is 30.3 Å². The van der Waals surface area contributed by atoms with Gasteiger partial charge in [-0.2, -0.15) is 0 Å². The van der Waals surface area contributed by atoms with Crippen molar-refractivity contribution in [3.05, 3.63) is 60.2 Å². The number of carbonyl (C=O) groups excluding carboxylic acids is 1. The second-order valence-corrected chi connectivity index (χ2v) is 7.34. The number of nitrogens with one attached hydrogen (secondary N) is 1. The van der Waals surface area contributed by atoms with Gasteiger partial charge in [-0.1, -0.05) is 12.1 Å². The monoisotopic (exact) mass is 419 g/mol. The van der Waals surface area contributed by atoms with Crippen molar-refractivity contribution in [3.63, 3.8) is 0 Å². The molecule has 1 N–H and O–H groups in total. The van der Waals surface area contributed by atoms with Gasteiger partial charge in [0.25, 0.3) is 5.91 Å². The van der Waals surface area contributed by atoms with Gasteiger partial charge in [0.1, 0.15) is 18.5 Å². The molecule has 31 heavy (non-hydrogen) atoms. The van der Waals surface area contributed by atoms with Crippen molar-refractivity contribution in [2.45, 2.75) is 18.6 Å². The predicted octanol–water partition coefficient (Wildman–Crippen LogP) is 2.41. The maximum atomic E-state index is 12.5. The van der Waals surface area contributed by atoms with Crippen molar-refractivity contribution in [3.8, 4) is 34.4 Å². The third-order valence-corrected chi connectivity index (χ3v) is 5.25. The van der Waals surface area contributed by atoms with E-state index in [2.05, 4.69) is 15.5 Å². The van der Waals surface area contributed by atoms with Gasteiger partial charge in [0.15, 0.2) is 11.5 Å². The number of carbonyl (C=O) groups is 1. The Bertz CT molecular complexity index is 1100. The Morgan fingerprint density at radius 1 is 1.06 bits per heavy atom. The summed E-state index contributed by atoms with van der Waals surface area (Å²) >= 11 is 0. The minimum absolute atomic E-state index is 0.145. The van der Waals surface area contributed by atoms with Gasteiger partial charge in [0.2, 0.25) is 12.0 Å². The summed E-state index contributed by atoms with van der Waals surface area (Å²) in [6.07, 6.45) is -0.135. The fourth-order valence-electron chi connectivity index (χ4n) is 3.65. The lowest BCUT2D eigenvalue weighted by atomic mass is 10.0. The number of aromatic nitrogens is 2. The van der Waals surface area contributed by atoms with E-state index in [-0.39, 0.29) is 18.6 Å². The molecule has 2 aliphatic heterocycles. The molecule has 2 aliphatic rings. The van der Waals surface area contributed by atoms with Crippen LogP contribution in [0.5, 0.6) is 23.1 Å². The SMILES string of the molecule is COc1ccc(-c2ccc3c(c2)CC(CNC(=O)C2COc4ccccc4O2)O3)nn1. The molecule has 158 valence electrons. The topological polar surface area (TPSA) is 91.8 Å². The second kappa shape index (κ2) is 8.14. The van der Waals surface area contributed by atoms with Gasteiger partial charge in [-0.15, -0.1) is 10.2 Å². The molecule has 8 heteroatoms. The van der Waals surface area contributed by atoms with Gasteiger partial charge in [-0.25, -0.2) is 0 Å². The highest BCUT2D eigenvalue weighted by Crippen LogP contribution is 2.33. The summed E-state index contributed by atoms with van der Waals surface area (Å²) in [6, 6.07) is 16.9. The Labute approximate surface area is 179 Å². The molecule has 3 heterocycles. The van der Waals surface area contributed by atoms with Crippen LogP contribution in [0, 0.1) is 0 Å². The van der Waals surface area contributed by atoms with E-state index in [1.807, 2.05) is 42.5 Å². The van der Waals surface area contributed by atoms with Crippen molar-refractivity contribution in [2.75, 3.05) is 20.3 Å². The van der Waals surface area contributed by atoms with Gasteiger partial charge in [-0.05, 0) is 42.0 Å². The molecule has 0 saturated carbocycles. The lowest BCUT2D eigenvalue weighted by Crippen LogP contribution is -2.46. The highest BCUT2D eigenvalue weighted by atomic mass is 16.6. The molecule has 0 fully saturated rings. The minimum Gasteiger partial charge on any atom is -0.488 e. The predicted molar refractivity (Wildman–Crippen MR) is 112 cm³/mol. The number of ether oxygens (including phenoxy) is 4. The second-order valence-electron chi connectivity index (χ2n) is 7.34. The van der Waals surface area contributed by atoms with Gasteiger partial charge < -0.3 is 24.3 Å². The minimum atomic E-state index is -0.682. The van der Waals surface area contributed by atoms with E-state index in [0.717, 1.165) is 22.6 Å². The summed E-state index contributed by atoms with van der Waals surface area (Å²) in [7, 11) is 1.56. The van der Waals surface area contributed by atoms with Crippen molar-refractivity contribution in [2.24, 2.45) is 0 Å². The van der Waals surface area contributed by atoms with Crippen LogP contribution >= 0.6 is 0 Å². The highest BCUT2D eigenvalue weighted by Gasteiger charge is 2.29. The highest BCUT2D eigenvalue weighted by molar-refractivity contribution is 5.81. The molecule has 0 radical (unpaired) electrons. The molecule has 8 nitrogen and oxygen atoms in total. The normalized spacial score (nSPS) is 18.6. The molecule has 1 aromatic heterocycles. The van der Waals surface area contributed by atoms with E-state index in [9.17, 15) is 4.79 Å². The first-order chi connectivity index (χ1) is 15.2. The number of methoxy groups -OCH3 is 1. The Morgan fingerprint density at radius 2 is 1.94 bits per heavy atom. The van der Waals surface area contributed by atoms with Crippen LogP contribution in [-0.4, -0.2) is 48.6 Å². The van der Waals surface area contributed by atoms with Crippen LogP contribution in [0.1, 0.15) is 5.56 Å². The molecule has 0 saturated heterocycles. The van der Waals surface area contributed by atoms with E-state index in [4.69, 9.17) is 18.9 Å². The van der Waals surface area contributed by atoms with Crippen LogP contribution < -0.4 is 24.3 Å². The zero-order valence-electron chi connectivity index (χ0n) is 16.9. The van der Waals surface area contributed by atoms with Crippen molar-refractivity contribution in [1.29, 1.82) is 0 Å². The van der Waals surface area contributed by atoms with Crippen molar-refractivity contribution < 1.29 is 23.7 Å². The van der Waals surface area contributed by atoms with E-state index in [1.165, 1.54) is 0 Å². The van der Waals surface area contributed by atoms with E-state index >= 15 is 0 Å². The zero-order valence-corrected chi connectivity index (χ0v) is 16.9. The van der Waals surface area contributed by atoms with Gasteiger partial charge in [0, 0.05) is 18.1 Å². The summed E-state index contributed by atoms with van der Waals surface area (Å²) in [5, 5.41) is 11.1. The number of fused-ring (bicyclic) bond motifs is 2. The third-order valence-electron chi connectivity index (χ3n) is 5.25. The fourth-order valence-corrected chi connectivity index (χ4v) is 3.65. The number of benzene rings is 2. The summed E-state index contributed by atoms with van der Waals surface area (Å²) in [6.45, 7) is 0.563. The number of hydrogen-bond donors (Lipinski definition) is 1. The van der Waals surface area contributed by atoms with Gasteiger partial charge in [0.05, 0.1) is 19.3 Å². The molecule has 5 rings (SSSR count). The van der Waals surface area contributed by atoms with Crippen LogP contribution in [-0.2, 0) is 11.2 Å². The lowest BCUT2D eigenvalue weighted by molar-refractivity contribution is -0.130. The Hall–Kier alpha value is -3.81. The molecule has 1 amide bonds. The number of para-hydroxylation sites is 2. The smallest absolute Gasteiger partial charge is 0.264 e. The molecule has 3 aromatic rings. The molecule has 0 aliphatic carbocycles. The van der Waals surface area contributed by atoms with E-state index in [1.54, 1.807) is 19.2 Å². The van der Waals surface area contributed by atoms with Gasteiger partial charge in [-0.3, -0.25) is 4.79 Å². The molecule has 2 aromatic carbocycles. The summed E-state index contributed by atoms with van der Waals surface area (Å²) in [5.74, 6) is 2.30. The molecule has 2 unspecified atom stereocenters. The Morgan fingerprint density at radius 3 is 2.74 bits per heavy atom. The van der Waals surface area contributed by atoms with Crippen molar-refractivity contribution in [1.82, 2.24) is 15.5 Å². The lowest BCUT2D eigenvalue weighted by Gasteiger charge is -2.25. The Balaban J connectivity index is 1.18. The Kier molecular flexibility index (Phi) is 5.03. The first-order valence-corrected chi connectivity index (χ1v) is 10.0. The largest absolute Gasteiger partial charge is 0.488 e. The average molecular weight is 419 g/mol. The number of hydrogen-bond acceptors (Lipinski definition) is 7. The van der Waals surface area contributed by atoms with Crippen LogP contribution in [0.4, 0.5) is 0 Å². The van der Waals surface area contributed by atoms with E-state index < -0.39 is 6.10 Å². The maximum Gasteiger partial charge on any atom is 0.264 e. The summed E-state index contributed by atoms with van der Waals surface area (Å²) in [4.78, 5) is 12.5. The van der Waals surface area contributed by atoms with Gasteiger partial charge >= 0.3 is 0 Å². The summed E-state index contributed by atoms with van der Waals surface area (Å²) < 4.78 is 22.4. The maximum absolute atomic E-state index is 12.5. The standard InChI is InChI=1S/C23H21N3O5/c1-28-22-9-7-17(25-26-22)14-6-8-18-15(10-14)11-16(30-18)12-24-23(27)21-13-29-19-4-2-3-5-20(19)31-21/h2-10,16,21H,11-13H2,1H3,(H,24,27). The quantitative estimate of drug-likeness (QED) is 0.679. The average Bonchev–Trinajstić information content (AvgIpc) is 3.24. The van der Waals surface area contributed by atoms with Crippen LogP contribution in [0.3, 0.4) is 0 Å². The molecular formula is C23H21N3O5. The number of nitrogens with zero attached hydrogens (tertiary/aromatic N) is 2. The molecular weight excluding hydrogens is 398 g/mol. The molecule has 0 bridgehead atoms. The zero-order chi connectivity index (χ0) is 21.2. The van der Waals surface area contributed by atoms with Crippen LogP contribution in [0.15, 0.2) is 54.6 Å². The first-order valence-electron chi connectivity index (χ1n) is 10.0. The number of amides is 1. The fraction of sp³-hybridized carbons (Fsp3) is 0.261. The van der Waals surface area contributed by atoms with Crippen molar-refractivity contribution >= 4 is 5.91 Å². The molecule has 0 spiro atoms. The number of rotatable bonds is 5. The molecule has 2 atom stereocenters.